The average molecular weight is 261 g/mol. The van der Waals surface area contributed by atoms with Crippen LogP contribution in [0.3, 0.4) is 0 Å². The lowest BCUT2D eigenvalue weighted by molar-refractivity contribution is 0.294. The van der Waals surface area contributed by atoms with E-state index in [2.05, 4.69) is 54.1 Å². The van der Waals surface area contributed by atoms with Crippen LogP contribution in [0.15, 0.2) is 18.5 Å². The summed E-state index contributed by atoms with van der Waals surface area (Å²) in [5.74, 6) is 1.01. The fraction of sp³-hybridized carbons (Fsp3) is 0.571. The molecule has 104 valence electrons. The van der Waals surface area contributed by atoms with Crippen molar-refractivity contribution in [1.82, 2.24) is 19.5 Å². The van der Waals surface area contributed by atoms with E-state index in [1.807, 2.05) is 10.6 Å². The second kappa shape index (κ2) is 6.02. The molecule has 0 saturated heterocycles. The zero-order valence-electron chi connectivity index (χ0n) is 12.2. The van der Waals surface area contributed by atoms with Gasteiger partial charge in [0.2, 0.25) is 0 Å². The van der Waals surface area contributed by atoms with Crippen molar-refractivity contribution >= 4 is 11.5 Å². The number of aromatic nitrogens is 3. The molecule has 5 nitrogen and oxygen atoms in total. The van der Waals surface area contributed by atoms with Gasteiger partial charge >= 0.3 is 0 Å². The summed E-state index contributed by atoms with van der Waals surface area (Å²) in [5.41, 5.74) is 2.08. The lowest BCUT2D eigenvalue weighted by atomic mass is 10.2. The zero-order chi connectivity index (χ0) is 13.8. The first-order valence-corrected chi connectivity index (χ1v) is 6.93. The highest BCUT2D eigenvalue weighted by Gasteiger charge is 2.10. The lowest BCUT2D eigenvalue weighted by Gasteiger charge is -2.24. The molecular weight excluding hydrogens is 238 g/mol. The molecule has 19 heavy (non-hydrogen) atoms. The Labute approximate surface area is 114 Å². The average Bonchev–Trinajstić information content (AvgIpc) is 2.84. The third-order valence-corrected chi connectivity index (χ3v) is 3.34. The predicted octanol–water partition coefficient (Wildman–Crippen LogP) is 2.18. The van der Waals surface area contributed by atoms with E-state index in [1.165, 1.54) is 5.56 Å². The van der Waals surface area contributed by atoms with E-state index in [0.717, 1.165) is 31.1 Å². The molecule has 0 aliphatic rings. The predicted molar refractivity (Wildman–Crippen MR) is 78.6 cm³/mol. The fourth-order valence-corrected chi connectivity index (χ4v) is 2.33. The van der Waals surface area contributed by atoms with Gasteiger partial charge in [-0.3, -0.25) is 0 Å². The Hall–Kier alpha value is -1.62. The van der Waals surface area contributed by atoms with Crippen molar-refractivity contribution in [3.8, 4) is 0 Å². The zero-order valence-corrected chi connectivity index (χ0v) is 12.2. The molecule has 2 rings (SSSR count). The summed E-state index contributed by atoms with van der Waals surface area (Å²) in [6.07, 6.45) is 1.59. The summed E-state index contributed by atoms with van der Waals surface area (Å²) in [5, 5.41) is 7.79. The van der Waals surface area contributed by atoms with Gasteiger partial charge in [0.05, 0.1) is 0 Å². The van der Waals surface area contributed by atoms with E-state index in [0.29, 0.717) is 6.04 Å². The van der Waals surface area contributed by atoms with Gasteiger partial charge in [-0.25, -0.2) is 4.98 Å². The maximum absolute atomic E-state index is 4.26. The van der Waals surface area contributed by atoms with Crippen LogP contribution < -0.4 is 5.32 Å². The van der Waals surface area contributed by atoms with Crippen LogP contribution in [0.25, 0.3) is 5.65 Å². The molecule has 1 unspecified atom stereocenters. The number of rotatable bonds is 6. The molecule has 2 heterocycles. The third-order valence-electron chi connectivity index (χ3n) is 3.34. The Morgan fingerprint density at radius 3 is 2.74 bits per heavy atom. The topological polar surface area (TPSA) is 45.5 Å². The van der Waals surface area contributed by atoms with Gasteiger partial charge in [-0.2, -0.15) is 9.61 Å². The number of anilines is 1. The van der Waals surface area contributed by atoms with Gasteiger partial charge in [-0.05, 0) is 44.6 Å². The molecule has 0 aliphatic heterocycles. The number of pyridine rings is 1. The molecule has 1 atom stereocenters. The maximum Gasteiger partial charge on any atom is 0.157 e. The van der Waals surface area contributed by atoms with Crippen LogP contribution in [-0.4, -0.2) is 45.2 Å². The van der Waals surface area contributed by atoms with Crippen LogP contribution >= 0.6 is 0 Å². The summed E-state index contributed by atoms with van der Waals surface area (Å²) >= 11 is 0. The summed E-state index contributed by atoms with van der Waals surface area (Å²) < 4.78 is 1.85. The first-order valence-electron chi connectivity index (χ1n) is 6.93. The molecule has 2 aromatic heterocycles. The van der Waals surface area contributed by atoms with Crippen molar-refractivity contribution in [3.63, 3.8) is 0 Å². The van der Waals surface area contributed by atoms with Gasteiger partial charge in [-0.1, -0.05) is 13.8 Å². The highest BCUT2D eigenvalue weighted by Crippen LogP contribution is 2.14. The van der Waals surface area contributed by atoms with E-state index in [4.69, 9.17) is 0 Å². The van der Waals surface area contributed by atoms with E-state index in [9.17, 15) is 0 Å². The molecule has 0 saturated carbocycles. The Bertz CT molecular complexity index is 530. The van der Waals surface area contributed by atoms with Gasteiger partial charge in [0.25, 0.3) is 0 Å². The number of nitrogens with one attached hydrogen (secondary N) is 1. The molecule has 5 heteroatoms. The van der Waals surface area contributed by atoms with Gasteiger partial charge in [0.1, 0.15) is 12.1 Å². The Morgan fingerprint density at radius 1 is 1.32 bits per heavy atom. The first-order chi connectivity index (χ1) is 9.13. The van der Waals surface area contributed by atoms with Crippen molar-refractivity contribution in [2.24, 2.45) is 0 Å². The van der Waals surface area contributed by atoms with Crippen molar-refractivity contribution in [2.75, 3.05) is 25.0 Å². The lowest BCUT2D eigenvalue weighted by Crippen LogP contribution is -2.35. The monoisotopic (exact) mass is 261 g/mol. The van der Waals surface area contributed by atoms with Crippen LogP contribution in [0.5, 0.6) is 0 Å². The Morgan fingerprint density at radius 2 is 2.05 bits per heavy atom. The van der Waals surface area contributed by atoms with Gasteiger partial charge < -0.3 is 10.2 Å². The quantitative estimate of drug-likeness (QED) is 0.865. The molecular formula is C14H23N5. The largest absolute Gasteiger partial charge is 0.366 e. The smallest absolute Gasteiger partial charge is 0.157 e. The van der Waals surface area contributed by atoms with Crippen LogP contribution in [-0.2, 0) is 0 Å². The molecule has 0 spiro atoms. The van der Waals surface area contributed by atoms with Crippen molar-refractivity contribution in [3.05, 3.63) is 24.0 Å². The Kier molecular flexibility index (Phi) is 4.37. The van der Waals surface area contributed by atoms with Crippen LogP contribution in [0.2, 0.25) is 0 Å². The van der Waals surface area contributed by atoms with Crippen LogP contribution in [0.1, 0.15) is 26.3 Å². The number of hydrogen-bond acceptors (Lipinski definition) is 4. The molecule has 0 aliphatic carbocycles. The van der Waals surface area contributed by atoms with E-state index in [-0.39, 0.29) is 0 Å². The summed E-state index contributed by atoms with van der Waals surface area (Å²) in [6.45, 7) is 11.8. The molecule has 0 radical (unpaired) electrons. The fourth-order valence-electron chi connectivity index (χ4n) is 2.33. The van der Waals surface area contributed by atoms with Crippen LogP contribution in [0.4, 0.5) is 5.82 Å². The van der Waals surface area contributed by atoms with Gasteiger partial charge in [0.15, 0.2) is 5.65 Å². The van der Waals surface area contributed by atoms with Gasteiger partial charge in [0, 0.05) is 12.6 Å². The minimum absolute atomic E-state index is 0.370. The molecule has 0 amide bonds. The van der Waals surface area contributed by atoms with Crippen molar-refractivity contribution in [1.29, 1.82) is 0 Å². The number of likely N-dealkylation sites (N-methyl/N-ethyl adjacent to an activating group) is 1. The normalized spacial score (nSPS) is 13.1. The summed E-state index contributed by atoms with van der Waals surface area (Å²) in [4.78, 5) is 6.65. The SMILES string of the molecule is CCN(CC)CC(C)Nc1cc(C)cc2ncnn12. The summed E-state index contributed by atoms with van der Waals surface area (Å²) in [6, 6.07) is 4.52. The third kappa shape index (κ3) is 3.23. The van der Waals surface area contributed by atoms with Crippen molar-refractivity contribution in [2.45, 2.75) is 33.7 Å². The number of hydrogen-bond donors (Lipinski definition) is 1. The highest BCUT2D eigenvalue weighted by molar-refractivity contribution is 5.51. The van der Waals surface area contributed by atoms with Crippen LogP contribution in [0, 0.1) is 6.92 Å². The number of aryl methyl sites for hydroxylation is 1. The standard InChI is InChI=1S/C14H23N5/c1-5-18(6-2)9-12(4)17-14-8-11(3)7-13-15-10-16-19(13)14/h7-8,10,12,17H,5-6,9H2,1-4H3. The second-order valence-electron chi connectivity index (χ2n) is 4.98. The maximum atomic E-state index is 4.26. The Balaban J connectivity index is 2.14. The van der Waals surface area contributed by atoms with E-state index < -0.39 is 0 Å². The first kappa shape index (κ1) is 13.8. The molecule has 0 bridgehead atoms. The van der Waals surface area contributed by atoms with Crippen molar-refractivity contribution < 1.29 is 0 Å². The molecule has 0 fully saturated rings. The molecule has 1 N–H and O–H groups in total. The number of nitrogens with zero attached hydrogens (tertiary/aromatic N) is 4. The molecule has 2 aromatic rings. The second-order valence-corrected chi connectivity index (χ2v) is 4.98. The molecule has 0 aromatic carbocycles. The highest BCUT2D eigenvalue weighted by atomic mass is 15.3. The minimum Gasteiger partial charge on any atom is -0.366 e. The van der Waals surface area contributed by atoms with Gasteiger partial charge in [-0.15, -0.1) is 0 Å². The van der Waals surface area contributed by atoms with E-state index >= 15 is 0 Å². The van der Waals surface area contributed by atoms with E-state index in [1.54, 1.807) is 6.33 Å². The summed E-state index contributed by atoms with van der Waals surface area (Å²) in [7, 11) is 0. The number of fused-ring (bicyclic) bond motifs is 1. The minimum atomic E-state index is 0.370.